The van der Waals surface area contributed by atoms with Crippen LogP contribution in [0.1, 0.15) is 39.1 Å². The van der Waals surface area contributed by atoms with E-state index in [1.807, 2.05) is 12.1 Å². The lowest BCUT2D eigenvalue weighted by Crippen LogP contribution is -2.41. The van der Waals surface area contributed by atoms with Crippen LogP contribution in [0.4, 0.5) is 0 Å². The number of carbonyl (C=O) groups excluding carboxylic acids is 3. The lowest BCUT2D eigenvalue weighted by Gasteiger charge is -2.27. The first-order chi connectivity index (χ1) is 14.4. The molecule has 2 amide bonds. The van der Waals surface area contributed by atoms with Crippen molar-refractivity contribution in [1.29, 1.82) is 0 Å². The van der Waals surface area contributed by atoms with Crippen molar-refractivity contribution in [2.75, 3.05) is 6.54 Å². The van der Waals surface area contributed by atoms with Gasteiger partial charge in [0.15, 0.2) is 5.75 Å². The summed E-state index contributed by atoms with van der Waals surface area (Å²) in [6.45, 7) is 1.92. The van der Waals surface area contributed by atoms with Crippen LogP contribution in [0.25, 0.3) is 10.8 Å². The van der Waals surface area contributed by atoms with Crippen molar-refractivity contribution in [2.45, 2.75) is 19.8 Å². The van der Waals surface area contributed by atoms with Gasteiger partial charge in [0.05, 0.1) is 5.02 Å². The molecule has 0 unspecified atom stereocenters. The van der Waals surface area contributed by atoms with Crippen LogP contribution < -0.4 is 4.74 Å². The lowest BCUT2D eigenvalue weighted by atomic mass is 9.94. The standard InChI is InChI=1S/C23H17BrClNO4/c1-13-11-15(24)12-18(25)21(13)30-19(27)9-4-10-26-22(28)16-7-2-5-14-6-3-8-17(20(14)16)23(26)29/h2-3,5-8,11-12H,4,9-10H2,1H3. The van der Waals surface area contributed by atoms with Gasteiger partial charge in [-0.15, -0.1) is 0 Å². The summed E-state index contributed by atoms with van der Waals surface area (Å²) in [5.74, 6) is -0.841. The van der Waals surface area contributed by atoms with Gasteiger partial charge in [0.25, 0.3) is 11.8 Å². The monoisotopic (exact) mass is 485 g/mol. The Morgan fingerprint density at radius 2 is 1.70 bits per heavy atom. The lowest BCUT2D eigenvalue weighted by molar-refractivity contribution is -0.134. The third kappa shape index (κ3) is 3.73. The molecule has 1 aliphatic heterocycles. The number of nitrogens with zero attached hydrogens (tertiary/aromatic N) is 1. The Hall–Kier alpha value is -2.70. The number of halogens is 2. The Bertz CT molecular complexity index is 1130. The average molecular weight is 487 g/mol. The normalized spacial score (nSPS) is 13.1. The molecule has 4 rings (SSSR count). The predicted octanol–water partition coefficient (Wildman–Crippen LogP) is 5.55. The highest BCUT2D eigenvalue weighted by Crippen LogP contribution is 2.33. The molecule has 0 saturated carbocycles. The quantitative estimate of drug-likeness (QED) is 0.270. The number of hydrogen-bond donors (Lipinski definition) is 0. The number of hydrogen-bond acceptors (Lipinski definition) is 4. The second-order valence-corrected chi connectivity index (χ2v) is 8.41. The first-order valence-electron chi connectivity index (χ1n) is 9.41. The van der Waals surface area contributed by atoms with Gasteiger partial charge in [-0.3, -0.25) is 19.3 Å². The molecule has 1 heterocycles. The van der Waals surface area contributed by atoms with Crippen LogP contribution in [0.15, 0.2) is 53.0 Å². The SMILES string of the molecule is Cc1cc(Br)cc(Cl)c1OC(=O)CCCN1C(=O)c2cccc3cccc(c23)C1=O. The first kappa shape index (κ1) is 20.6. The summed E-state index contributed by atoms with van der Waals surface area (Å²) in [5.41, 5.74) is 1.74. The maximum Gasteiger partial charge on any atom is 0.311 e. The van der Waals surface area contributed by atoms with Gasteiger partial charge in [0, 0.05) is 34.0 Å². The zero-order valence-corrected chi connectivity index (χ0v) is 18.4. The molecule has 1 aliphatic rings. The Balaban J connectivity index is 1.44. The van der Waals surface area contributed by atoms with Crippen LogP contribution in [0, 0.1) is 6.92 Å². The highest BCUT2D eigenvalue weighted by molar-refractivity contribution is 9.10. The van der Waals surface area contributed by atoms with E-state index in [2.05, 4.69) is 15.9 Å². The molecule has 0 atom stereocenters. The summed E-state index contributed by atoms with van der Waals surface area (Å²) in [6, 6.07) is 14.3. The van der Waals surface area contributed by atoms with Gasteiger partial charge in [-0.1, -0.05) is 51.8 Å². The van der Waals surface area contributed by atoms with Crippen molar-refractivity contribution < 1.29 is 19.1 Å². The van der Waals surface area contributed by atoms with Gasteiger partial charge in [0.2, 0.25) is 0 Å². The molecule has 152 valence electrons. The van der Waals surface area contributed by atoms with Gasteiger partial charge >= 0.3 is 5.97 Å². The van der Waals surface area contributed by atoms with Crippen molar-refractivity contribution in [1.82, 2.24) is 4.90 Å². The molecule has 7 heteroatoms. The molecule has 5 nitrogen and oxygen atoms in total. The smallest absolute Gasteiger partial charge is 0.311 e. The van der Waals surface area contributed by atoms with E-state index >= 15 is 0 Å². The molecule has 0 aliphatic carbocycles. The van der Waals surface area contributed by atoms with Crippen LogP contribution in [-0.4, -0.2) is 29.2 Å². The number of ether oxygens (including phenoxy) is 1. The molecule has 0 aromatic heterocycles. The molecule has 3 aromatic carbocycles. The molecule has 30 heavy (non-hydrogen) atoms. The minimum atomic E-state index is -0.471. The molecule has 0 radical (unpaired) electrons. The van der Waals surface area contributed by atoms with Crippen LogP contribution in [0.3, 0.4) is 0 Å². The summed E-state index contributed by atoms with van der Waals surface area (Å²) < 4.78 is 6.19. The van der Waals surface area contributed by atoms with E-state index in [0.29, 0.717) is 33.7 Å². The number of rotatable bonds is 5. The molecule has 3 aromatic rings. The van der Waals surface area contributed by atoms with Gasteiger partial charge < -0.3 is 4.74 Å². The summed E-state index contributed by atoms with van der Waals surface area (Å²) in [7, 11) is 0. The van der Waals surface area contributed by atoms with Crippen LogP contribution in [0.5, 0.6) is 5.75 Å². The Kier molecular flexibility index (Phi) is 5.62. The molecule has 0 fully saturated rings. The fourth-order valence-corrected chi connectivity index (χ4v) is 4.66. The van der Waals surface area contributed by atoms with E-state index < -0.39 is 5.97 Å². The van der Waals surface area contributed by atoms with Gasteiger partial charge in [-0.2, -0.15) is 0 Å². The highest BCUT2D eigenvalue weighted by Gasteiger charge is 2.32. The number of aryl methyl sites for hydroxylation is 1. The van der Waals surface area contributed by atoms with Gasteiger partial charge in [0.1, 0.15) is 0 Å². The van der Waals surface area contributed by atoms with E-state index in [-0.39, 0.29) is 24.8 Å². The number of benzene rings is 3. The minimum Gasteiger partial charge on any atom is -0.425 e. The summed E-state index contributed by atoms with van der Waals surface area (Å²) >= 11 is 9.49. The molecule has 0 bridgehead atoms. The van der Waals surface area contributed by atoms with Crippen LogP contribution in [0.2, 0.25) is 5.02 Å². The molecule has 0 N–H and O–H groups in total. The predicted molar refractivity (Wildman–Crippen MR) is 118 cm³/mol. The van der Waals surface area contributed by atoms with Gasteiger partial charge in [-0.05, 0) is 48.6 Å². The number of amides is 2. The van der Waals surface area contributed by atoms with E-state index in [0.717, 1.165) is 15.4 Å². The Morgan fingerprint density at radius 1 is 1.07 bits per heavy atom. The van der Waals surface area contributed by atoms with Crippen LogP contribution in [-0.2, 0) is 4.79 Å². The van der Waals surface area contributed by atoms with E-state index in [4.69, 9.17) is 16.3 Å². The first-order valence-corrected chi connectivity index (χ1v) is 10.6. The third-order valence-electron chi connectivity index (χ3n) is 5.03. The van der Waals surface area contributed by atoms with E-state index in [1.54, 1.807) is 43.3 Å². The zero-order valence-electron chi connectivity index (χ0n) is 16.1. The second kappa shape index (κ2) is 8.20. The van der Waals surface area contributed by atoms with E-state index in [9.17, 15) is 14.4 Å². The van der Waals surface area contributed by atoms with Crippen molar-refractivity contribution in [3.63, 3.8) is 0 Å². The fraction of sp³-hybridized carbons (Fsp3) is 0.174. The number of esters is 1. The zero-order chi connectivity index (χ0) is 21.4. The molecular weight excluding hydrogens is 470 g/mol. The van der Waals surface area contributed by atoms with E-state index in [1.165, 1.54) is 4.90 Å². The van der Waals surface area contributed by atoms with Gasteiger partial charge in [-0.25, -0.2) is 0 Å². The fourth-order valence-electron chi connectivity index (χ4n) is 3.65. The third-order valence-corrected chi connectivity index (χ3v) is 5.77. The number of imide groups is 1. The maximum atomic E-state index is 12.9. The molecular formula is C23H17BrClNO4. The molecule has 0 spiro atoms. The Morgan fingerprint density at radius 3 is 2.30 bits per heavy atom. The maximum absolute atomic E-state index is 12.9. The van der Waals surface area contributed by atoms with Crippen molar-refractivity contribution >= 4 is 56.1 Å². The molecule has 0 saturated heterocycles. The highest BCUT2D eigenvalue weighted by atomic mass is 79.9. The summed E-state index contributed by atoms with van der Waals surface area (Å²) in [6.07, 6.45) is 0.344. The van der Waals surface area contributed by atoms with Crippen molar-refractivity contribution in [2.24, 2.45) is 0 Å². The van der Waals surface area contributed by atoms with Crippen molar-refractivity contribution in [3.05, 3.63) is 74.7 Å². The summed E-state index contributed by atoms with van der Waals surface area (Å²) in [4.78, 5) is 39.2. The largest absolute Gasteiger partial charge is 0.425 e. The van der Waals surface area contributed by atoms with Crippen LogP contribution >= 0.6 is 27.5 Å². The second-order valence-electron chi connectivity index (χ2n) is 7.08. The average Bonchev–Trinajstić information content (AvgIpc) is 2.71. The minimum absolute atomic E-state index is 0.0503. The summed E-state index contributed by atoms with van der Waals surface area (Å²) in [5, 5.41) is 1.88. The number of carbonyl (C=O) groups is 3. The van der Waals surface area contributed by atoms with Crippen molar-refractivity contribution in [3.8, 4) is 5.75 Å². The topological polar surface area (TPSA) is 63.7 Å². The Labute approximate surface area is 186 Å².